The minimum atomic E-state index is 0.353. The maximum absolute atomic E-state index is 6.03. The summed E-state index contributed by atoms with van der Waals surface area (Å²) in [7, 11) is 0. The minimum Gasteiger partial charge on any atom is -0.327 e. The van der Waals surface area contributed by atoms with E-state index in [4.69, 9.17) is 5.73 Å². The summed E-state index contributed by atoms with van der Waals surface area (Å²) in [4.78, 5) is 2.67. The largest absolute Gasteiger partial charge is 0.327 e. The van der Waals surface area contributed by atoms with E-state index in [0.717, 1.165) is 6.04 Å². The van der Waals surface area contributed by atoms with Gasteiger partial charge in [0, 0.05) is 29.6 Å². The Morgan fingerprint density at radius 1 is 1.38 bits per heavy atom. The Balaban J connectivity index is 1.95. The first-order chi connectivity index (χ1) is 6.29. The molecule has 0 saturated carbocycles. The van der Waals surface area contributed by atoms with Crippen LogP contribution in [0.15, 0.2) is 0 Å². The van der Waals surface area contributed by atoms with Gasteiger partial charge >= 0.3 is 0 Å². The van der Waals surface area contributed by atoms with Gasteiger partial charge in [-0.25, -0.2) is 0 Å². The number of piperidine rings is 1. The van der Waals surface area contributed by atoms with Gasteiger partial charge in [0.25, 0.3) is 0 Å². The third kappa shape index (κ3) is 2.03. The molecular weight excluding hydrogens is 180 g/mol. The highest BCUT2D eigenvalue weighted by Gasteiger charge is 2.33. The van der Waals surface area contributed by atoms with E-state index < -0.39 is 0 Å². The van der Waals surface area contributed by atoms with Crippen molar-refractivity contribution in [2.75, 3.05) is 18.1 Å². The average molecular weight is 200 g/mol. The van der Waals surface area contributed by atoms with Crippen LogP contribution in [0.25, 0.3) is 0 Å². The molecular formula is C10H20N2S. The molecule has 76 valence electrons. The van der Waals surface area contributed by atoms with Crippen LogP contribution in [0, 0.1) is 0 Å². The van der Waals surface area contributed by atoms with Crippen molar-refractivity contribution in [1.29, 1.82) is 0 Å². The van der Waals surface area contributed by atoms with Gasteiger partial charge < -0.3 is 5.73 Å². The molecule has 2 nitrogen and oxygen atoms in total. The average Bonchev–Trinajstić information content (AvgIpc) is 2.02. The van der Waals surface area contributed by atoms with Gasteiger partial charge in [0.2, 0.25) is 0 Å². The first-order valence-corrected chi connectivity index (χ1v) is 6.53. The topological polar surface area (TPSA) is 29.3 Å². The summed E-state index contributed by atoms with van der Waals surface area (Å²) in [6, 6.07) is 1.87. The third-order valence-electron chi connectivity index (χ3n) is 3.29. The van der Waals surface area contributed by atoms with E-state index in [0.29, 0.717) is 12.1 Å². The SMILES string of the molecule is CC(N)C1CCCCN1C1CSC1. The summed E-state index contributed by atoms with van der Waals surface area (Å²) in [5.74, 6) is 2.67. The van der Waals surface area contributed by atoms with Gasteiger partial charge in [0.1, 0.15) is 0 Å². The van der Waals surface area contributed by atoms with Gasteiger partial charge in [-0.1, -0.05) is 6.42 Å². The molecule has 0 aromatic carbocycles. The molecule has 2 atom stereocenters. The Morgan fingerprint density at radius 2 is 2.15 bits per heavy atom. The van der Waals surface area contributed by atoms with Crippen LogP contribution >= 0.6 is 11.8 Å². The Bertz CT molecular complexity index is 168. The van der Waals surface area contributed by atoms with Crippen LogP contribution in [0.4, 0.5) is 0 Å². The van der Waals surface area contributed by atoms with Crippen molar-refractivity contribution in [3.63, 3.8) is 0 Å². The zero-order valence-electron chi connectivity index (χ0n) is 8.41. The molecule has 2 aliphatic rings. The lowest BCUT2D eigenvalue weighted by molar-refractivity contribution is 0.0966. The molecule has 0 radical (unpaired) electrons. The molecule has 2 rings (SSSR count). The van der Waals surface area contributed by atoms with Crippen LogP contribution in [-0.2, 0) is 0 Å². The summed E-state index contributed by atoms with van der Waals surface area (Å²) in [6.07, 6.45) is 4.08. The van der Waals surface area contributed by atoms with E-state index in [-0.39, 0.29) is 0 Å². The van der Waals surface area contributed by atoms with Crippen molar-refractivity contribution in [2.45, 2.75) is 44.3 Å². The highest BCUT2D eigenvalue weighted by molar-refractivity contribution is 8.00. The number of nitrogens with zero attached hydrogens (tertiary/aromatic N) is 1. The number of thioether (sulfide) groups is 1. The number of hydrogen-bond donors (Lipinski definition) is 1. The Kier molecular flexibility index (Phi) is 3.17. The molecule has 0 amide bonds. The second-order valence-corrected chi connectivity index (χ2v) is 5.43. The Labute approximate surface area is 85.2 Å². The number of nitrogens with two attached hydrogens (primary N) is 1. The standard InChI is InChI=1S/C10H20N2S/c1-8(11)10-4-2-3-5-12(10)9-6-13-7-9/h8-10H,2-7,11H2,1H3. The van der Waals surface area contributed by atoms with Gasteiger partial charge in [-0.3, -0.25) is 4.90 Å². The van der Waals surface area contributed by atoms with Crippen LogP contribution in [0.3, 0.4) is 0 Å². The van der Waals surface area contributed by atoms with E-state index in [9.17, 15) is 0 Å². The summed E-state index contributed by atoms with van der Waals surface area (Å²) in [6.45, 7) is 3.45. The van der Waals surface area contributed by atoms with Gasteiger partial charge in [-0.05, 0) is 26.3 Å². The van der Waals surface area contributed by atoms with Crippen LogP contribution in [-0.4, -0.2) is 41.1 Å². The molecule has 2 saturated heterocycles. The second-order valence-electron chi connectivity index (χ2n) is 4.35. The van der Waals surface area contributed by atoms with Crippen molar-refractivity contribution in [3.8, 4) is 0 Å². The lowest BCUT2D eigenvalue weighted by Crippen LogP contribution is -2.57. The molecule has 0 spiro atoms. The van der Waals surface area contributed by atoms with Crippen LogP contribution in [0.2, 0.25) is 0 Å². The smallest absolute Gasteiger partial charge is 0.0280 e. The van der Waals surface area contributed by atoms with E-state index in [2.05, 4.69) is 23.6 Å². The van der Waals surface area contributed by atoms with E-state index >= 15 is 0 Å². The third-order valence-corrected chi connectivity index (χ3v) is 4.53. The molecule has 0 aromatic heterocycles. The molecule has 0 bridgehead atoms. The van der Waals surface area contributed by atoms with Gasteiger partial charge in [-0.15, -0.1) is 0 Å². The van der Waals surface area contributed by atoms with Crippen LogP contribution < -0.4 is 5.73 Å². The predicted molar refractivity (Wildman–Crippen MR) is 59.1 cm³/mol. The highest BCUT2D eigenvalue weighted by Crippen LogP contribution is 2.29. The first kappa shape index (κ1) is 9.81. The quantitative estimate of drug-likeness (QED) is 0.728. The van der Waals surface area contributed by atoms with Crippen molar-refractivity contribution >= 4 is 11.8 Å². The highest BCUT2D eigenvalue weighted by atomic mass is 32.2. The number of hydrogen-bond acceptors (Lipinski definition) is 3. The molecule has 0 aromatic rings. The maximum Gasteiger partial charge on any atom is 0.0280 e. The van der Waals surface area contributed by atoms with Gasteiger partial charge in [0.05, 0.1) is 0 Å². The summed E-state index contributed by atoms with van der Waals surface area (Å²) in [5.41, 5.74) is 6.03. The Morgan fingerprint density at radius 3 is 2.69 bits per heavy atom. The monoisotopic (exact) mass is 200 g/mol. The normalized spacial score (nSPS) is 34.2. The molecule has 2 unspecified atom stereocenters. The van der Waals surface area contributed by atoms with Crippen molar-refractivity contribution in [1.82, 2.24) is 4.90 Å². The summed E-state index contributed by atoms with van der Waals surface area (Å²) < 4.78 is 0. The molecule has 2 fully saturated rings. The number of rotatable bonds is 2. The predicted octanol–water partition coefficient (Wildman–Crippen LogP) is 1.30. The molecule has 2 aliphatic heterocycles. The second kappa shape index (κ2) is 4.20. The zero-order valence-corrected chi connectivity index (χ0v) is 9.22. The fourth-order valence-corrected chi connectivity index (χ4v) is 3.24. The molecule has 13 heavy (non-hydrogen) atoms. The van der Waals surface area contributed by atoms with Crippen LogP contribution in [0.1, 0.15) is 26.2 Å². The molecule has 2 heterocycles. The van der Waals surface area contributed by atoms with Crippen molar-refractivity contribution in [2.24, 2.45) is 5.73 Å². The Hall–Kier alpha value is 0.270. The number of likely N-dealkylation sites (tertiary alicyclic amines) is 1. The zero-order chi connectivity index (χ0) is 9.26. The fourth-order valence-electron chi connectivity index (χ4n) is 2.41. The summed E-state index contributed by atoms with van der Waals surface area (Å²) >= 11 is 2.07. The van der Waals surface area contributed by atoms with Crippen molar-refractivity contribution in [3.05, 3.63) is 0 Å². The lowest BCUT2D eigenvalue weighted by atomic mass is 9.95. The van der Waals surface area contributed by atoms with Gasteiger partial charge in [0.15, 0.2) is 0 Å². The molecule has 3 heteroatoms. The maximum atomic E-state index is 6.03. The van der Waals surface area contributed by atoms with E-state index in [1.54, 1.807) is 0 Å². The minimum absolute atomic E-state index is 0.353. The van der Waals surface area contributed by atoms with E-state index in [1.165, 1.54) is 37.3 Å². The van der Waals surface area contributed by atoms with E-state index in [1.807, 2.05) is 0 Å². The first-order valence-electron chi connectivity index (χ1n) is 5.38. The van der Waals surface area contributed by atoms with Crippen LogP contribution in [0.5, 0.6) is 0 Å². The van der Waals surface area contributed by atoms with Gasteiger partial charge in [-0.2, -0.15) is 11.8 Å². The fraction of sp³-hybridized carbons (Fsp3) is 1.00. The molecule has 2 N–H and O–H groups in total. The lowest BCUT2D eigenvalue weighted by Gasteiger charge is -2.46. The molecule has 0 aliphatic carbocycles. The van der Waals surface area contributed by atoms with Crippen molar-refractivity contribution < 1.29 is 0 Å². The summed E-state index contributed by atoms with van der Waals surface area (Å²) in [5, 5.41) is 0.